The zero-order chi connectivity index (χ0) is 20.0. The fourth-order valence-corrected chi connectivity index (χ4v) is 6.60. The van der Waals surface area contributed by atoms with Crippen molar-refractivity contribution in [2.75, 3.05) is 0 Å². The number of aryl methyl sites for hydroxylation is 1. The van der Waals surface area contributed by atoms with E-state index in [-0.39, 0.29) is 20.9 Å². The molecule has 0 radical (unpaired) electrons. The van der Waals surface area contributed by atoms with Crippen molar-refractivity contribution in [3.05, 3.63) is 90.0 Å². The van der Waals surface area contributed by atoms with Gasteiger partial charge in [-0.1, -0.05) is 0 Å². The number of hydrogen-bond acceptors (Lipinski definition) is 1. The standard InChI is InChI=1S/C26H23NOSe/c1-3-18-13-14-22-21(15-18)24-16-19-9-7-8-12-23(19)27(24)25(28)26(22,2)17-29-20-10-5-4-6-11-20/h4-16H,3,17H2,1-2H3. The Kier molecular flexibility index (Phi) is 4.46. The van der Waals surface area contributed by atoms with Crippen LogP contribution >= 0.6 is 0 Å². The third kappa shape index (κ3) is 2.88. The van der Waals surface area contributed by atoms with Crippen LogP contribution in [-0.4, -0.2) is 25.4 Å². The van der Waals surface area contributed by atoms with Gasteiger partial charge in [0.25, 0.3) is 0 Å². The summed E-state index contributed by atoms with van der Waals surface area (Å²) in [6, 6.07) is 27.7. The van der Waals surface area contributed by atoms with Gasteiger partial charge in [-0.3, -0.25) is 0 Å². The van der Waals surface area contributed by atoms with E-state index in [1.807, 2.05) is 22.8 Å². The number of hydrogen-bond donors (Lipinski definition) is 0. The van der Waals surface area contributed by atoms with Gasteiger partial charge in [0.2, 0.25) is 0 Å². The molecule has 0 fully saturated rings. The Morgan fingerprint density at radius 2 is 1.69 bits per heavy atom. The van der Waals surface area contributed by atoms with Crippen molar-refractivity contribution >= 4 is 36.2 Å². The van der Waals surface area contributed by atoms with Crippen LogP contribution in [0, 0.1) is 0 Å². The molecule has 0 spiro atoms. The van der Waals surface area contributed by atoms with Crippen LogP contribution in [0.4, 0.5) is 0 Å². The van der Waals surface area contributed by atoms with Crippen LogP contribution in [0.2, 0.25) is 5.32 Å². The summed E-state index contributed by atoms with van der Waals surface area (Å²) in [5.41, 5.74) is 5.22. The molecule has 1 aliphatic heterocycles. The summed E-state index contributed by atoms with van der Waals surface area (Å²) in [5, 5.41) is 1.98. The van der Waals surface area contributed by atoms with Crippen LogP contribution in [0.25, 0.3) is 22.2 Å². The van der Waals surface area contributed by atoms with Crippen LogP contribution in [0.1, 0.15) is 29.8 Å². The van der Waals surface area contributed by atoms with Gasteiger partial charge < -0.3 is 0 Å². The monoisotopic (exact) mass is 445 g/mol. The van der Waals surface area contributed by atoms with Gasteiger partial charge in [0.05, 0.1) is 0 Å². The number of rotatable bonds is 4. The van der Waals surface area contributed by atoms with E-state index in [1.165, 1.54) is 21.2 Å². The number of benzene rings is 3. The predicted octanol–water partition coefficient (Wildman–Crippen LogP) is 5.23. The summed E-state index contributed by atoms with van der Waals surface area (Å²) in [5.74, 6) is 0.197. The first-order valence-electron chi connectivity index (χ1n) is 10.1. The van der Waals surface area contributed by atoms with E-state index in [0.717, 1.165) is 28.3 Å². The van der Waals surface area contributed by atoms with Crippen LogP contribution < -0.4 is 4.46 Å². The van der Waals surface area contributed by atoms with Crippen LogP contribution in [0.15, 0.2) is 78.9 Å². The molecule has 0 bridgehead atoms. The molecule has 2 nitrogen and oxygen atoms in total. The van der Waals surface area contributed by atoms with Gasteiger partial charge in [-0.2, -0.15) is 0 Å². The Hall–Kier alpha value is -2.61. The van der Waals surface area contributed by atoms with Gasteiger partial charge in [0.15, 0.2) is 0 Å². The number of carbonyl (C=O) groups excluding carboxylic acids is 1. The van der Waals surface area contributed by atoms with Crippen molar-refractivity contribution < 1.29 is 4.79 Å². The van der Waals surface area contributed by atoms with Gasteiger partial charge >= 0.3 is 178 Å². The normalized spacial score (nSPS) is 17.9. The molecule has 1 atom stereocenters. The molecule has 0 saturated heterocycles. The molecular formula is C26H23NOSe. The summed E-state index contributed by atoms with van der Waals surface area (Å²) >= 11 is 0.229. The second-order valence-electron chi connectivity index (χ2n) is 7.90. The molecule has 0 N–H and O–H groups in total. The first-order chi connectivity index (χ1) is 14.1. The van der Waals surface area contributed by atoms with Crippen molar-refractivity contribution in [1.29, 1.82) is 0 Å². The Labute approximate surface area is 177 Å². The average molecular weight is 444 g/mol. The molecule has 0 amide bonds. The van der Waals surface area contributed by atoms with Gasteiger partial charge in [-0.05, 0) is 0 Å². The van der Waals surface area contributed by atoms with Crippen molar-refractivity contribution in [3.8, 4) is 11.3 Å². The fraction of sp³-hybridized carbons (Fsp3) is 0.192. The second-order valence-corrected chi connectivity index (χ2v) is 10.1. The molecule has 1 aliphatic rings. The predicted molar refractivity (Wildman–Crippen MR) is 121 cm³/mol. The zero-order valence-corrected chi connectivity index (χ0v) is 18.4. The van der Waals surface area contributed by atoms with E-state index >= 15 is 0 Å². The third-order valence-electron chi connectivity index (χ3n) is 6.02. The SMILES string of the molecule is CCc1ccc2c(c1)-c1cc3ccccc3n1C(=O)C2(C)C[Se]c1ccccc1. The molecule has 0 saturated carbocycles. The van der Waals surface area contributed by atoms with Gasteiger partial charge in [-0.15, -0.1) is 0 Å². The van der Waals surface area contributed by atoms with Gasteiger partial charge in [0, 0.05) is 0 Å². The van der Waals surface area contributed by atoms with Gasteiger partial charge in [-0.25, -0.2) is 0 Å². The van der Waals surface area contributed by atoms with E-state index in [0.29, 0.717) is 0 Å². The quantitative estimate of drug-likeness (QED) is 0.395. The Bertz CT molecular complexity index is 1220. The molecule has 3 heteroatoms. The second kappa shape index (κ2) is 7.02. The number of carbonyl (C=O) groups is 1. The minimum absolute atomic E-state index is 0.197. The molecule has 144 valence electrons. The number of aromatic nitrogens is 1. The molecule has 1 unspecified atom stereocenters. The maximum absolute atomic E-state index is 13.9. The minimum atomic E-state index is -0.522. The summed E-state index contributed by atoms with van der Waals surface area (Å²) < 4.78 is 3.31. The maximum atomic E-state index is 13.9. The number of nitrogens with zero attached hydrogens (tertiary/aromatic N) is 1. The Balaban J connectivity index is 1.70. The topological polar surface area (TPSA) is 22.0 Å². The fourth-order valence-electron chi connectivity index (χ4n) is 4.32. The van der Waals surface area contributed by atoms with E-state index in [1.54, 1.807) is 0 Å². The summed E-state index contributed by atoms with van der Waals surface area (Å²) in [4.78, 5) is 13.9. The average Bonchev–Trinajstić information content (AvgIpc) is 3.16. The Morgan fingerprint density at radius 1 is 0.931 bits per heavy atom. The van der Waals surface area contributed by atoms with Crippen LogP contribution in [0.3, 0.4) is 0 Å². The molecule has 4 aromatic rings. The first-order valence-corrected chi connectivity index (χ1v) is 12.2. The van der Waals surface area contributed by atoms with E-state index in [9.17, 15) is 4.79 Å². The molecule has 0 aliphatic carbocycles. The molecule has 1 aromatic heterocycles. The summed E-state index contributed by atoms with van der Waals surface area (Å²) in [6.45, 7) is 4.32. The first kappa shape index (κ1) is 18.4. The summed E-state index contributed by atoms with van der Waals surface area (Å²) in [6.07, 6.45) is 0.992. The van der Waals surface area contributed by atoms with Crippen molar-refractivity contribution in [3.63, 3.8) is 0 Å². The third-order valence-corrected chi connectivity index (χ3v) is 8.80. The van der Waals surface area contributed by atoms with Crippen LogP contribution in [0.5, 0.6) is 0 Å². The van der Waals surface area contributed by atoms with E-state index in [2.05, 4.69) is 74.5 Å². The van der Waals surface area contributed by atoms with E-state index in [4.69, 9.17) is 0 Å². The molecule has 2 heterocycles. The molecule has 5 rings (SSSR count). The van der Waals surface area contributed by atoms with E-state index < -0.39 is 5.41 Å². The van der Waals surface area contributed by atoms with Crippen molar-refractivity contribution in [1.82, 2.24) is 4.57 Å². The Morgan fingerprint density at radius 3 is 2.48 bits per heavy atom. The van der Waals surface area contributed by atoms with Crippen LogP contribution in [-0.2, 0) is 11.8 Å². The van der Waals surface area contributed by atoms with Crippen molar-refractivity contribution in [2.45, 2.75) is 31.0 Å². The molecule has 29 heavy (non-hydrogen) atoms. The van der Waals surface area contributed by atoms with Crippen molar-refractivity contribution in [2.24, 2.45) is 0 Å². The molecule has 3 aromatic carbocycles. The van der Waals surface area contributed by atoms with Gasteiger partial charge in [0.1, 0.15) is 0 Å². The molecular weight excluding hydrogens is 421 g/mol. The zero-order valence-electron chi connectivity index (χ0n) is 16.7. The summed E-state index contributed by atoms with van der Waals surface area (Å²) in [7, 11) is 0. The number of fused-ring (bicyclic) bond motifs is 5. The number of para-hydroxylation sites is 1.